The van der Waals surface area contributed by atoms with Crippen molar-refractivity contribution >= 4 is 29.9 Å². The van der Waals surface area contributed by atoms with E-state index in [-0.39, 0.29) is 24.0 Å². The lowest BCUT2D eigenvalue weighted by Gasteiger charge is -2.34. The van der Waals surface area contributed by atoms with Gasteiger partial charge in [0.25, 0.3) is 0 Å². The van der Waals surface area contributed by atoms with Gasteiger partial charge in [-0.25, -0.2) is 4.98 Å². The number of nitrogens with zero attached hydrogens (tertiary/aromatic N) is 3. The SMILES string of the molecule is CN=C(NCc1cccnc1OCc1ccccc1)N1CCC(OCCCOC)CC1.I. The molecule has 1 saturated heterocycles. The summed E-state index contributed by atoms with van der Waals surface area (Å²) in [5.74, 6) is 1.55. The first-order chi connectivity index (χ1) is 15.3. The predicted octanol–water partition coefficient (Wildman–Crippen LogP) is 3.87. The molecule has 1 aromatic carbocycles. The van der Waals surface area contributed by atoms with Gasteiger partial charge >= 0.3 is 0 Å². The molecule has 2 heterocycles. The average molecular weight is 554 g/mol. The third kappa shape index (κ3) is 8.55. The van der Waals surface area contributed by atoms with E-state index in [1.807, 2.05) is 49.5 Å². The fourth-order valence-corrected chi connectivity index (χ4v) is 3.61. The van der Waals surface area contributed by atoms with Crippen LogP contribution >= 0.6 is 24.0 Å². The molecule has 1 aliphatic heterocycles. The lowest BCUT2D eigenvalue weighted by Crippen LogP contribution is -2.46. The molecular weight excluding hydrogens is 519 g/mol. The monoisotopic (exact) mass is 554 g/mol. The lowest BCUT2D eigenvalue weighted by atomic mass is 10.1. The number of guanidine groups is 1. The van der Waals surface area contributed by atoms with Gasteiger partial charge in [-0.2, -0.15) is 0 Å². The zero-order valence-corrected chi connectivity index (χ0v) is 21.4. The summed E-state index contributed by atoms with van der Waals surface area (Å²) in [5, 5.41) is 3.47. The van der Waals surface area contributed by atoms with E-state index in [2.05, 4.69) is 20.2 Å². The predicted molar refractivity (Wildman–Crippen MR) is 138 cm³/mol. The fourth-order valence-electron chi connectivity index (χ4n) is 3.61. The summed E-state index contributed by atoms with van der Waals surface area (Å²) >= 11 is 0. The van der Waals surface area contributed by atoms with Crippen molar-refractivity contribution < 1.29 is 14.2 Å². The van der Waals surface area contributed by atoms with E-state index >= 15 is 0 Å². The molecule has 0 saturated carbocycles. The third-order valence-corrected chi connectivity index (χ3v) is 5.30. The molecule has 32 heavy (non-hydrogen) atoms. The van der Waals surface area contributed by atoms with Crippen LogP contribution < -0.4 is 10.1 Å². The number of aromatic nitrogens is 1. The van der Waals surface area contributed by atoms with E-state index in [0.29, 0.717) is 25.1 Å². The van der Waals surface area contributed by atoms with Crippen LogP contribution in [0.4, 0.5) is 0 Å². The zero-order valence-electron chi connectivity index (χ0n) is 19.0. The number of methoxy groups -OCH3 is 1. The summed E-state index contributed by atoms with van der Waals surface area (Å²) in [6, 6.07) is 14.1. The molecule has 0 aliphatic carbocycles. The minimum absolute atomic E-state index is 0. The normalized spacial score (nSPS) is 14.7. The van der Waals surface area contributed by atoms with Crippen LogP contribution in [0, 0.1) is 0 Å². The Kier molecular flexibility index (Phi) is 12.4. The number of hydrogen-bond acceptors (Lipinski definition) is 5. The van der Waals surface area contributed by atoms with Crippen molar-refractivity contribution in [1.82, 2.24) is 15.2 Å². The number of aliphatic imine (C=N–C) groups is 1. The summed E-state index contributed by atoms with van der Waals surface area (Å²) in [4.78, 5) is 11.2. The Balaban J connectivity index is 0.00000363. The molecular formula is C24H35IN4O3. The van der Waals surface area contributed by atoms with Crippen LogP contribution in [0.25, 0.3) is 0 Å². The summed E-state index contributed by atoms with van der Waals surface area (Å²) < 4.78 is 17.0. The molecule has 1 N–H and O–H groups in total. The van der Waals surface area contributed by atoms with Crippen molar-refractivity contribution in [2.45, 2.75) is 38.5 Å². The highest BCUT2D eigenvalue weighted by atomic mass is 127. The topological polar surface area (TPSA) is 68.2 Å². The Morgan fingerprint density at radius 1 is 1.12 bits per heavy atom. The minimum Gasteiger partial charge on any atom is -0.473 e. The molecule has 3 rings (SSSR count). The smallest absolute Gasteiger partial charge is 0.218 e. The maximum atomic E-state index is 5.97. The first kappa shape index (κ1) is 26.3. The number of piperidine rings is 1. The van der Waals surface area contributed by atoms with Crippen molar-refractivity contribution in [1.29, 1.82) is 0 Å². The first-order valence-electron chi connectivity index (χ1n) is 11.0. The van der Waals surface area contributed by atoms with Gasteiger partial charge in [0.15, 0.2) is 5.96 Å². The number of pyridine rings is 1. The van der Waals surface area contributed by atoms with Gasteiger partial charge < -0.3 is 24.4 Å². The maximum absolute atomic E-state index is 5.97. The number of benzene rings is 1. The number of likely N-dealkylation sites (tertiary alicyclic amines) is 1. The number of hydrogen-bond donors (Lipinski definition) is 1. The first-order valence-corrected chi connectivity index (χ1v) is 11.0. The molecule has 1 fully saturated rings. The van der Waals surface area contributed by atoms with Gasteiger partial charge in [0.05, 0.1) is 6.10 Å². The molecule has 0 atom stereocenters. The standard InChI is InChI=1S/C24H34N4O3.HI/c1-25-24(28-14-11-22(12-15-28)30-17-7-16-29-2)27-18-21-10-6-13-26-23(21)31-19-20-8-4-3-5-9-20;/h3-6,8-10,13,22H,7,11-12,14-19H2,1-2H3,(H,25,27);1H. The van der Waals surface area contributed by atoms with E-state index in [4.69, 9.17) is 14.2 Å². The number of ether oxygens (including phenoxy) is 3. The highest BCUT2D eigenvalue weighted by molar-refractivity contribution is 14.0. The Morgan fingerprint density at radius 2 is 1.91 bits per heavy atom. The molecule has 2 aromatic rings. The van der Waals surface area contributed by atoms with Crippen LogP contribution in [0.3, 0.4) is 0 Å². The minimum atomic E-state index is 0. The molecule has 8 heteroatoms. The van der Waals surface area contributed by atoms with Crippen LogP contribution in [-0.2, 0) is 22.6 Å². The van der Waals surface area contributed by atoms with Crippen LogP contribution in [-0.4, -0.2) is 62.4 Å². The second-order valence-corrected chi connectivity index (χ2v) is 7.55. The summed E-state index contributed by atoms with van der Waals surface area (Å²) in [7, 11) is 3.55. The maximum Gasteiger partial charge on any atom is 0.218 e. The van der Waals surface area contributed by atoms with Crippen LogP contribution in [0.15, 0.2) is 53.7 Å². The van der Waals surface area contributed by atoms with Gasteiger partial charge in [0.2, 0.25) is 5.88 Å². The van der Waals surface area contributed by atoms with E-state index in [0.717, 1.165) is 62.7 Å². The molecule has 0 amide bonds. The summed E-state index contributed by atoms with van der Waals surface area (Å²) in [6.07, 6.45) is 5.04. The van der Waals surface area contributed by atoms with Crippen molar-refractivity contribution in [3.63, 3.8) is 0 Å². The molecule has 1 aliphatic rings. The Hall–Kier alpha value is -1.91. The molecule has 0 unspecified atom stereocenters. The quantitative estimate of drug-likeness (QED) is 0.208. The van der Waals surface area contributed by atoms with Crippen LogP contribution in [0.2, 0.25) is 0 Å². The molecule has 0 spiro atoms. The Labute approximate surface area is 208 Å². The second-order valence-electron chi connectivity index (χ2n) is 7.55. The van der Waals surface area contributed by atoms with Gasteiger partial charge in [-0.05, 0) is 30.9 Å². The Morgan fingerprint density at radius 3 is 2.62 bits per heavy atom. The van der Waals surface area contributed by atoms with E-state index < -0.39 is 0 Å². The highest BCUT2D eigenvalue weighted by Gasteiger charge is 2.22. The van der Waals surface area contributed by atoms with Crippen molar-refractivity contribution in [3.05, 3.63) is 59.8 Å². The second kappa shape index (κ2) is 15.0. The number of nitrogens with one attached hydrogen (secondary N) is 1. The van der Waals surface area contributed by atoms with E-state index in [9.17, 15) is 0 Å². The molecule has 0 radical (unpaired) electrons. The van der Waals surface area contributed by atoms with Gasteiger partial charge in [-0.1, -0.05) is 36.4 Å². The zero-order chi connectivity index (χ0) is 21.7. The van der Waals surface area contributed by atoms with E-state index in [1.165, 1.54) is 0 Å². The third-order valence-electron chi connectivity index (χ3n) is 5.30. The molecule has 176 valence electrons. The molecule has 7 nitrogen and oxygen atoms in total. The van der Waals surface area contributed by atoms with Gasteiger partial charge in [-0.3, -0.25) is 4.99 Å². The fraction of sp³-hybridized carbons (Fsp3) is 0.500. The van der Waals surface area contributed by atoms with Gasteiger partial charge in [-0.15, -0.1) is 24.0 Å². The molecule has 1 aromatic heterocycles. The van der Waals surface area contributed by atoms with Crippen molar-refractivity contribution in [3.8, 4) is 5.88 Å². The summed E-state index contributed by atoms with van der Waals surface area (Å²) in [5.41, 5.74) is 2.13. The van der Waals surface area contributed by atoms with Crippen LogP contribution in [0.5, 0.6) is 5.88 Å². The van der Waals surface area contributed by atoms with Gasteiger partial charge in [0.1, 0.15) is 6.61 Å². The van der Waals surface area contributed by atoms with Gasteiger partial charge in [0, 0.05) is 58.8 Å². The molecule has 0 bridgehead atoms. The van der Waals surface area contributed by atoms with Crippen LogP contribution in [0.1, 0.15) is 30.4 Å². The van der Waals surface area contributed by atoms with Crippen molar-refractivity contribution in [2.24, 2.45) is 4.99 Å². The summed E-state index contributed by atoms with van der Waals surface area (Å²) in [6.45, 7) is 4.48. The largest absolute Gasteiger partial charge is 0.473 e. The Bertz CT molecular complexity index is 799. The highest BCUT2D eigenvalue weighted by Crippen LogP contribution is 2.17. The lowest BCUT2D eigenvalue weighted by molar-refractivity contribution is 0.00989. The number of rotatable bonds is 10. The average Bonchev–Trinajstić information content (AvgIpc) is 2.83. The number of halogens is 1. The van der Waals surface area contributed by atoms with E-state index in [1.54, 1.807) is 13.3 Å². The van der Waals surface area contributed by atoms with Crippen molar-refractivity contribution in [2.75, 3.05) is 40.5 Å².